The lowest BCUT2D eigenvalue weighted by Gasteiger charge is -2.12. The number of hydrogen-bond donors (Lipinski definition) is 0. The Morgan fingerprint density at radius 1 is 1.15 bits per heavy atom. The van der Waals surface area contributed by atoms with Gasteiger partial charge in [0.05, 0.1) is 22.3 Å². The molecular weight excluding hydrogens is 252 g/mol. The Bertz CT molecular complexity index is 762. The van der Waals surface area contributed by atoms with Crippen molar-refractivity contribution < 1.29 is 9.59 Å². The summed E-state index contributed by atoms with van der Waals surface area (Å²) in [7, 11) is 0. The van der Waals surface area contributed by atoms with E-state index < -0.39 is 0 Å². The molecule has 0 atom stereocenters. The number of pyridine rings is 1. The third-order valence-corrected chi connectivity index (χ3v) is 4.13. The van der Waals surface area contributed by atoms with Crippen LogP contribution in [0.15, 0.2) is 24.3 Å². The van der Waals surface area contributed by atoms with Gasteiger partial charge in [0.2, 0.25) is 0 Å². The fourth-order valence-electron chi connectivity index (χ4n) is 2.91. The predicted octanol–water partition coefficient (Wildman–Crippen LogP) is 2.55. The van der Waals surface area contributed by atoms with Crippen LogP contribution >= 0.6 is 0 Å². The lowest BCUT2D eigenvalue weighted by molar-refractivity contribution is 0.0647. The van der Waals surface area contributed by atoms with E-state index >= 15 is 0 Å². The van der Waals surface area contributed by atoms with Crippen LogP contribution in [0.25, 0.3) is 10.9 Å². The van der Waals surface area contributed by atoms with Crippen molar-refractivity contribution >= 4 is 22.7 Å². The molecule has 1 saturated carbocycles. The number of carbonyl (C=O) groups is 2. The van der Waals surface area contributed by atoms with Gasteiger partial charge in [-0.3, -0.25) is 19.5 Å². The smallest absolute Gasteiger partial charge is 0.263 e. The van der Waals surface area contributed by atoms with Crippen molar-refractivity contribution in [2.45, 2.75) is 19.8 Å². The molecule has 4 nitrogen and oxygen atoms in total. The molecule has 2 aliphatic rings. The summed E-state index contributed by atoms with van der Waals surface area (Å²) >= 11 is 0. The monoisotopic (exact) mass is 266 g/mol. The van der Waals surface area contributed by atoms with Crippen molar-refractivity contribution in [3.05, 3.63) is 41.1 Å². The van der Waals surface area contributed by atoms with E-state index in [0.717, 1.165) is 23.7 Å². The van der Waals surface area contributed by atoms with Crippen LogP contribution in [-0.2, 0) is 0 Å². The Labute approximate surface area is 116 Å². The number of rotatable bonds is 2. The van der Waals surface area contributed by atoms with Crippen LogP contribution in [0.2, 0.25) is 0 Å². The van der Waals surface area contributed by atoms with Gasteiger partial charge >= 0.3 is 0 Å². The highest BCUT2D eigenvalue weighted by molar-refractivity contribution is 6.26. The standard InChI is InChI=1S/C16H14N2O2/c1-9-13-14(11-4-2-3-5-12(11)17-9)16(20)18(15(13)19)8-10-6-7-10/h2-5,10H,6-8H2,1H3. The molecule has 1 aliphatic carbocycles. The molecule has 0 bridgehead atoms. The van der Waals surface area contributed by atoms with Crippen LogP contribution < -0.4 is 0 Å². The second-order valence-electron chi connectivity index (χ2n) is 5.63. The van der Waals surface area contributed by atoms with E-state index in [1.54, 1.807) is 6.92 Å². The van der Waals surface area contributed by atoms with E-state index in [0.29, 0.717) is 29.3 Å². The van der Waals surface area contributed by atoms with Crippen molar-refractivity contribution in [1.29, 1.82) is 0 Å². The topological polar surface area (TPSA) is 50.3 Å². The normalized spacial score (nSPS) is 17.9. The molecule has 1 fully saturated rings. The summed E-state index contributed by atoms with van der Waals surface area (Å²) < 4.78 is 0. The molecule has 0 unspecified atom stereocenters. The molecule has 0 spiro atoms. The van der Waals surface area contributed by atoms with E-state index in [-0.39, 0.29) is 11.8 Å². The lowest BCUT2D eigenvalue weighted by Crippen LogP contribution is -2.31. The first-order valence-corrected chi connectivity index (χ1v) is 6.92. The largest absolute Gasteiger partial charge is 0.274 e. The van der Waals surface area contributed by atoms with Gasteiger partial charge in [-0.05, 0) is 31.7 Å². The van der Waals surface area contributed by atoms with E-state index in [1.165, 1.54) is 4.90 Å². The minimum absolute atomic E-state index is 0.154. The van der Waals surface area contributed by atoms with Gasteiger partial charge in [-0.1, -0.05) is 18.2 Å². The Kier molecular flexibility index (Phi) is 2.25. The number of aromatic nitrogens is 1. The summed E-state index contributed by atoms with van der Waals surface area (Å²) in [6, 6.07) is 7.52. The van der Waals surface area contributed by atoms with Crippen molar-refractivity contribution in [3.8, 4) is 0 Å². The number of benzene rings is 1. The van der Waals surface area contributed by atoms with Gasteiger partial charge in [-0.15, -0.1) is 0 Å². The summed E-state index contributed by atoms with van der Waals surface area (Å²) in [5.41, 5.74) is 2.46. The molecule has 2 aromatic rings. The summed E-state index contributed by atoms with van der Waals surface area (Å²) in [6.45, 7) is 2.36. The fraction of sp³-hybridized carbons (Fsp3) is 0.312. The van der Waals surface area contributed by atoms with Crippen molar-refractivity contribution in [3.63, 3.8) is 0 Å². The number of para-hydroxylation sites is 1. The molecule has 100 valence electrons. The van der Waals surface area contributed by atoms with Crippen LogP contribution in [0.5, 0.6) is 0 Å². The summed E-state index contributed by atoms with van der Waals surface area (Å²) in [5, 5.41) is 0.782. The van der Waals surface area contributed by atoms with Gasteiger partial charge in [0.25, 0.3) is 11.8 Å². The number of carbonyl (C=O) groups excluding carboxylic acids is 2. The fourth-order valence-corrected chi connectivity index (χ4v) is 2.91. The summed E-state index contributed by atoms with van der Waals surface area (Å²) in [4.78, 5) is 31.0. The second kappa shape index (κ2) is 3.88. The first-order valence-electron chi connectivity index (χ1n) is 6.92. The zero-order valence-corrected chi connectivity index (χ0v) is 11.2. The number of amides is 2. The SMILES string of the molecule is Cc1nc2ccccc2c2c1C(=O)N(CC1CC1)C2=O. The van der Waals surface area contributed by atoms with E-state index in [4.69, 9.17) is 0 Å². The third kappa shape index (κ3) is 1.51. The number of fused-ring (bicyclic) bond motifs is 3. The predicted molar refractivity (Wildman–Crippen MR) is 74.6 cm³/mol. The zero-order valence-electron chi connectivity index (χ0n) is 11.2. The quantitative estimate of drug-likeness (QED) is 0.785. The number of imide groups is 1. The van der Waals surface area contributed by atoms with E-state index in [2.05, 4.69) is 4.98 Å². The highest BCUT2D eigenvalue weighted by atomic mass is 16.2. The van der Waals surface area contributed by atoms with Crippen LogP contribution in [0.3, 0.4) is 0 Å². The molecule has 1 aromatic heterocycles. The molecule has 2 heterocycles. The third-order valence-electron chi connectivity index (χ3n) is 4.13. The maximum atomic E-state index is 12.6. The van der Waals surface area contributed by atoms with Gasteiger partial charge in [0.1, 0.15) is 0 Å². The first kappa shape index (κ1) is 11.6. The summed E-state index contributed by atoms with van der Waals surface area (Å²) in [6.07, 6.45) is 2.23. The van der Waals surface area contributed by atoms with Crippen LogP contribution in [-0.4, -0.2) is 28.2 Å². The Hall–Kier alpha value is -2.23. The molecular formula is C16H14N2O2. The minimum atomic E-state index is -0.173. The maximum Gasteiger partial charge on any atom is 0.263 e. The molecule has 0 radical (unpaired) electrons. The number of nitrogens with zero attached hydrogens (tertiary/aromatic N) is 2. The first-order chi connectivity index (χ1) is 9.66. The van der Waals surface area contributed by atoms with Crippen LogP contribution in [0.4, 0.5) is 0 Å². The molecule has 1 aliphatic heterocycles. The molecule has 2 amide bonds. The average molecular weight is 266 g/mol. The maximum absolute atomic E-state index is 12.6. The van der Waals surface area contributed by atoms with Crippen molar-refractivity contribution in [1.82, 2.24) is 9.88 Å². The molecule has 4 rings (SSSR count). The number of aryl methyl sites for hydroxylation is 1. The Morgan fingerprint density at radius 3 is 2.60 bits per heavy atom. The van der Waals surface area contributed by atoms with E-state index in [1.807, 2.05) is 24.3 Å². The second-order valence-corrected chi connectivity index (χ2v) is 5.63. The van der Waals surface area contributed by atoms with Gasteiger partial charge < -0.3 is 0 Å². The van der Waals surface area contributed by atoms with Gasteiger partial charge in [0.15, 0.2) is 0 Å². The van der Waals surface area contributed by atoms with Crippen molar-refractivity contribution in [2.24, 2.45) is 5.92 Å². The van der Waals surface area contributed by atoms with Gasteiger partial charge in [0, 0.05) is 11.9 Å². The molecule has 1 aromatic carbocycles. The Morgan fingerprint density at radius 2 is 1.85 bits per heavy atom. The number of hydrogen-bond acceptors (Lipinski definition) is 3. The molecule has 0 saturated heterocycles. The highest BCUT2D eigenvalue weighted by Gasteiger charge is 2.41. The van der Waals surface area contributed by atoms with E-state index in [9.17, 15) is 9.59 Å². The average Bonchev–Trinajstić information content (AvgIpc) is 3.21. The molecule has 20 heavy (non-hydrogen) atoms. The van der Waals surface area contributed by atoms with Gasteiger partial charge in [-0.25, -0.2) is 0 Å². The van der Waals surface area contributed by atoms with Crippen molar-refractivity contribution in [2.75, 3.05) is 6.54 Å². The lowest BCUT2D eigenvalue weighted by atomic mass is 10.0. The zero-order chi connectivity index (χ0) is 13.9. The van der Waals surface area contributed by atoms with Gasteiger partial charge in [-0.2, -0.15) is 0 Å². The summed E-state index contributed by atoms with van der Waals surface area (Å²) in [5.74, 6) is 0.169. The highest BCUT2D eigenvalue weighted by Crippen LogP contribution is 2.35. The molecule has 4 heteroatoms. The van der Waals surface area contributed by atoms with Crippen LogP contribution in [0, 0.1) is 12.8 Å². The molecule has 0 N–H and O–H groups in total. The Balaban J connectivity index is 1.94. The van der Waals surface area contributed by atoms with Crippen LogP contribution in [0.1, 0.15) is 39.3 Å². The minimum Gasteiger partial charge on any atom is -0.274 e.